The second kappa shape index (κ2) is 4.33. The molecule has 3 rings (SSSR count). The second-order valence-electron chi connectivity index (χ2n) is 5.87. The van der Waals surface area contributed by atoms with E-state index in [2.05, 4.69) is 6.58 Å². The van der Waals surface area contributed by atoms with Gasteiger partial charge in [-0.15, -0.1) is 0 Å². The Morgan fingerprint density at radius 2 is 1.75 bits per heavy atom. The van der Waals surface area contributed by atoms with Gasteiger partial charge in [0, 0.05) is 31.3 Å². The summed E-state index contributed by atoms with van der Waals surface area (Å²) >= 11 is 0. The molecule has 0 spiro atoms. The first-order valence-electron chi connectivity index (χ1n) is 6.68. The van der Waals surface area contributed by atoms with Crippen molar-refractivity contribution >= 4 is 17.9 Å². The van der Waals surface area contributed by atoms with Crippen LogP contribution in [0.4, 0.5) is 0 Å². The van der Waals surface area contributed by atoms with Crippen molar-refractivity contribution in [1.82, 2.24) is 0 Å². The van der Waals surface area contributed by atoms with Crippen LogP contribution in [0.15, 0.2) is 12.2 Å². The lowest BCUT2D eigenvalue weighted by atomic mass is 9.78. The average Bonchev–Trinajstić information content (AvgIpc) is 2.49. The molecule has 0 aromatic carbocycles. The summed E-state index contributed by atoms with van der Waals surface area (Å²) in [5.74, 6) is -2.66. The van der Waals surface area contributed by atoms with Crippen LogP contribution >= 0.6 is 0 Å². The number of ether oxygens (including phenoxy) is 3. The molecule has 3 fully saturated rings. The summed E-state index contributed by atoms with van der Waals surface area (Å²) in [7, 11) is 0. The van der Waals surface area contributed by atoms with E-state index in [1.807, 2.05) is 0 Å². The lowest BCUT2D eigenvalue weighted by Gasteiger charge is -2.39. The first kappa shape index (κ1) is 13.1. The van der Waals surface area contributed by atoms with Crippen LogP contribution in [0.1, 0.15) is 32.6 Å². The molecule has 2 saturated heterocycles. The standard InChI is InChI=1S/C14H16O6/c1-7(2)11(15)20-14-4-8-3-9(5-14)19-13(17)10(6-14)12(16)18-8/h8-10H,1,3-6H2,2H3. The first-order valence-corrected chi connectivity index (χ1v) is 6.68. The minimum Gasteiger partial charge on any atom is -0.461 e. The Hall–Kier alpha value is -1.85. The molecule has 1 saturated carbocycles. The number of esters is 3. The first-order chi connectivity index (χ1) is 9.38. The lowest BCUT2D eigenvalue weighted by molar-refractivity contribution is -0.180. The van der Waals surface area contributed by atoms with Gasteiger partial charge >= 0.3 is 17.9 Å². The number of rotatable bonds is 2. The Morgan fingerprint density at radius 3 is 2.25 bits per heavy atom. The van der Waals surface area contributed by atoms with Crippen LogP contribution in [0.2, 0.25) is 0 Å². The van der Waals surface area contributed by atoms with Crippen LogP contribution in [0.25, 0.3) is 0 Å². The molecule has 2 atom stereocenters. The van der Waals surface area contributed by atoms with Crippen molar-refractivity contribution < 1.29 is 28.6 Å². The molecular weight excluding hydrogens is 264 g/mol. The molecule has 2 heterocycles. The maximum absolute atomic E-state index is 11.9. The summed E-state index contributed by atoms with van der Waals surface area (Å²) in [6, 6.07) is 0. The minimum atomic E-state index is -0.997. The predicted molar refractivity (Wildman–Crippen MR) is 65.4 cm³/mol. The van der Waals surface area contributed by atoms with Gasteiger partial charge in [-0.2, -0.15) is 0 Å². The molecule has 108 valence electrons. The predicted octanol–water partition coefficient (Wildman–Crippen LogP) is 0.885. The van der Waals surface area contributed by atoms with Gasteiger partial charge in [-0.1, -0.05) is 6.58 Å². The molecule has 1 aliphatic carbocycles. The molecule has 6 nitrogen and oxygen atoms in total. The third-order valence-electron chi connectivity index (χ3n) is 4.09. The molecule has 2 unspecified atom stereocenters. The van der Waals surface area contributed by atoms with E-state index >= 15 is 0 Å². The number of carbonyl (C=O) groups excluding carboxylic acids is 3. The number of hydrogen-bond donors (Lipinski definition) is 0. The maximum Gasteiger partial charge on any atom is 0.333 e. The molecular formula is C14H16O6. The van der Waals surface area contributed by atoms with Crippen LogP contribution in [0.5, 0.6) is 0 Å². The van der Waals surface area contributed by atoms with E-state index < -0.39 is 29.4 Å². The van der Waals surface area contributed by atoms with Crippen molar-refractivity contribution in [1.29, 1.82) is 0 Å². The Bertz CT molecular complexity index is 482. The summed E-state index contributed by atoms with van der Waals surface area (Å²) in [5.41, 5.74) is -0.579. The van der Waals surface area contributed by atoms with E-state index in [9.17, 15) is 14.4 Å². The van der Waals surface area contributed by atoms with E-state index in [4.69, 9.17) is 14.2 Å². The van der Waals surface area contributed by atoms with Crippen LogP contribution in [0.3, 0.4) is 0 Å². The van der Waals surface area contributed by atoms with Gasteiger partial charge in [-0.05, 0) is 6.92 Å². The third kappa shape index (κ3) is 2.09. The van der Waals surface area contributed by atoms with Gasteiger partial charge in [0.1, 0.15) is 17.8 Å². The molecule has 0 N–H and O–H groups in total. The minimum absolute atomic E-state index is 0.136. The summed E-state index contributed by atoms with van der Waals surface area (Å²) in [6.45, 7) is 5.12. The zero-order valence-electron chi connectivity index (χ0n) is 11.2. The molecule has 2 aliphatic heterocycles. The monoisotopic (exact) mass is 280 g/mol. The number of hydrogen-bond acceptors (Lipinski definition) is 6. The Balaban J connectivity index is 1.95. The van der Waals surface area contributed by atoms with Crippen molar-refractivity contribution in [3.63, 3.8) is 0 Å². The van der Waals surface area contributed by atoms with Gasteiger partial charge in [0.05, 0.1) is 0 Å². The number of carbonyl (C=O) groups is 3. The van der Waals surface area contributed by atoms with Gasteiger partial charge < -0.3 is 14.2 Å². The highest BCUT2D eigenvalue weighted by molar-refractivity contribution is 5.96. The van der Waals surface area contributed by atoms with Gasteiger partial charge in [-0.3, -0.25) is 9.59 Å². The van der Waals surface area contributed by atoms with Crippen molar-refractivity contribution in [3.05, 3.63) is 12.2 Å². The van der Waals surface area contributed by atoms with Crippen molar-refractivity contribution in [3.8, 4) is 0 Å². The summed E-state index contributed by atoms with van der Waals surface area (Å²) in [5, 5.41) is 0. The van der Waals surface area contributed by atoms with Crippen molar-refractivity contribution in [2.75, 3.05) is 0 Å². The molecule has 0 aromatic heterocycles. The highest BCUT2D eigenvalue weighted by Gasteiger charge is 2.56. The van der Waals surface area contributed by atoms with Crippen LogP contribution in [-0.2, 0) is 28.6 Å². The van der Waals surface area contributed by atoms with E-state index in [0.29, 0.717) is 19.3 Å². The van der Waals surface area contributed by atoms with Crippen LogP contribution in [0, 0.1) is 5.92 Å². The topological polar surface area (TPSA) is 78.9 Å². The SMILES string of the molecule is C=C(C)C(=O)OC12CC3CC(C1)OC(=O)C(C2)C(=O)O3. The highest BCUT2D eigenvalue weighted by atomic mass is 16.6. The fourth-order valence-electron chi connectivity index (χ4n) is 3.26. The van der Waals surface area contributed by atoms with Gasteiger partial charge in [0.15, 0.2) is 5.92 Å². The summed E-state index contributed by atoms with van der Waals surface area (Å²) in [6.07, 6.45) is 0.713. The maximum atomic E-state index is 11.9. The van der Waals surface area contributed by atoms with Crippen LogP contribution in [-0.4, -0.2) is 35.7 Å². The van der Waals surface area contributed by atoms with Gasteiger partial charge in [0.2, 0.25) is 0 Å². The Kier molecular flexibility index (Phi) is 2.84. The number of fused-ring (bicyclic) bond motifs is 3. The van der Waals surface area contributed by atoms with E-state index in [1.165, 1.54) is 0 Å². The van der Waals surface area contributed by atoms with E-state index in [-0.39, 0.29) is 24.2 Å². The van der Waals surface area contributed by atoms with E-state index in [0.717, 1.165) is 0 Å². The lowest BCUT2D eigenvalue weighted by Crippen LogP contribution is -2.46. The fraction of sp³-hybridized carbons (Fsp3) is 0.643. The third-order valence-corrected chi connectivity index (χ3v) is 4.09. The average molecular weight is 280 g/mol. The molecule has 3 aliphatic rings. The molecule has 20 heavy (non-hydrogen) atoms. The second-order valence-corrected chi connectivity index (χ2v) is 5.87. The molecule has 4 bridgehead atoms. The van der Waals surface area contributed by atoms with Crippen molar-refractivity contribution in [2.45, 2.75) is 50.4 Å². The van der Waals surface area contributed by atoms with Gasteiger partial charge in [-0.25, -0.2) is 4.79 Å². The molecule has 0 amide bonds. The zero-order valence-corrected chi connectivity index (χ0v) is 11.2. The zero-order chi connectivity index (χ0) is 14.5. The quantitative estimate of drug-likeness (QED) is 0.323. The normalized spacial score (nSPS) is 38.5. The summed E-state index contributed by atoms with van der Waals surface area (Å²) in [4.78, 5) is 35.6. The molecule has 6 heteroatoms. The van der Waals surface area contributed by atoms with Crippen LogP contribution < -0.4 is 0 Å². The van der Waals surface area contributed by atoms with Gasteiger partial charge in [0.25, 0.3) is 0 Å². The highest BCUT2D eigenvalue weighted by Crippen LogP contribution is 2.45. The fourth-order valence-corrected chi connectivity index (χ4v) is 3.26. The summed E-state index contributed by atoms with van der Waals surface area (Å²) < 4.78 is 16.2. The molecule has 0 radical (unpaired) electrons. The molecule has 0 aromatic rings. The Labute approximate surface area is 116 Å². The van der Waals surface area contributed by atoms with E-state index in [1.54, 1.807) is 6.92 Å². The Morgan fingerprint density at radius 1 is 1.20 bits per heavy atom. The smallest absolute Gasteiger partial charge is 0.333 e. The van der Waals surface area contributed by atoms with Crippen molar-refractivity contribution in [2.24, 2.45) is 5.92 Å². The largest absolute Gasteiger partial charge is 0.461 e.